The van der Waals surface area contributed by atoms with Crippen molar-refractivity contribution in [2.45, 2.75) is 19.3 Å². The van der Waals surface area contributed by atoms with Gasteiger partial charge in [0.2, 0.25) is 0 Å². The molecule has 1 aromatic heterocycles. The topological polar surface area (TPSA) is 26.3 Å². The summed E-state index contributed by atoms with van der Waals surface area (Å²) >= 11 is 3.43. The van der Waals surface area contributed by atoms with E-state index >= 15 is 0 Å². The predicted octanol–water partition coefficient (Wildman–Crippen LogP) is 2.98. The van der Waals surface area contributed by atoms with Crippen LogP contribution in [0.3, 0.4) is 0 Å². The van der Waals surface area contributed by atoms with E-state index in [2.05, 4.69) is 11.4 Å². The predicted molar refractivity (Wildman–Crippen MR) is 66.6 cm³/mol. The molecule has 0 fully saturated rings. The van der Waals surface area contributed by atoms with E-state index in [0.717, 1.165) is 18.6 Å². The van der Waals surface area contributed by atoms with Gasteiger partial charge in [0.25, 0.3) is 0 Å². The van der Waals surface area contributed by atoms with Gasteiger partial charge in [-0.3, -0.25) is 4.79 Å². The Hall–Kier alpha value is -0.480. The van der Waals surface area contributed by atoms with Crippen molar-refractivity contribution in [2.24, 2.45) is 0 Å². The highest BCUT2D eigenvalue weighted by molar-refractivity contribution is 7.98. The second kappa shape index (κ2) is 7.77. The molecule has 0 saturated carbocycles. The van der Waals surface area contributed by atoms with Crippen LogP contribution in [-0.4, -0.2) is 24.6 Å². The summed E-state index contributed by atoms with van der Waals surface area (Å²) in [5, 5.41) is 2.06. The molecule has 0 atom stereocenters. The number of ether oxygens (including phenoxy) is 1. The second-order valence-electron chi connectivity index (χ2n) is 3.15. The second-order valence-corrected chi connectivity index (χ2v) is 5.16. The minimum absolute atomic E-state index is 0.0689. The standard InChI is InChI=1S/C11H16O2S2/c1-14-9-7-13-11(12)6-2-4-10-5-3-8-15-10/h3,5,8H,2,4,6-7,9H2,1H3. The van der Waals surface area contributed by atoms with Crippen molar-refractivity contribution < 1.29 is 9.53 Å². The fourth-order valence-corrected chi connectivity index (χ4v) is 2.17. The van der Waals surface area contributed by atoms with Crippen LogP contribution in [0, 0.1) is 0 Å². The molecule has 0 aliphatic rings. The molecule has 4 heteroatoms. The van der Waals surface area contributed by atoms with Gasteiger partial charge >= 0.3 is 5.97 Å². The lowest BCUT2D eigenvalue weighted by Gasteiger charge is -2.02. The van der Waals surface area contributed by atoms with Gasteiger partial charge in [0.1, 0.15) is 6.61 Å². The highest BCUT2D eigenvalue weighted by atomic mass is 32.2. The molecule has 1 rings (SSSR count). The summed E-state index contributed by atoms with van der Waals surface area (Å²) < 4.78 is 5.05. The van der Waals surface area contributed by atoms with Crippen molar-refractivity contribution in [1.29, 1.82) is 0 Å². The van der Waals surface area contributed by atoms with Gasteiger partial charge in [0, 0.05) is 17.1 Å². The van der Waals surface area contributed by atoms with Crippen LogP contribution in [0.1, 0.15) is 17.7 Å². The number of hydrogen-bond donors (Lipinski definition) is 0. The van der Waals surface area contributed by atoms with Gasteiger partial charge in [-0.15, -0.1) is 11.3 Å². The molecule has 1 heterocycles. The monoisotopic (exact) mass is 244 g/mol. The van der Waals surface area contributed by atoms with Gasteiger partial charge in [0.05, 0.1) is 0 Å². The van der Waals surface area contributed by atoms with Crippen LogP contribution < -0.4 is 0 Å². The summed E-state index contributed by atoms with van der Waals surface area (Å²) in [4.78, 5) is 12.6. The Morgan fingerprint density at radius 3 is 3.13 bits per heavy atom. The Balaban J connectivity index is 2.02. The van der Waals surface area contributed by atoms with Crippen LogP contribution in [0.2, 0.25) is 0 Å². The number of carbonyl (C=O) groups is 1. The number of rotatable bonds is 7. The maximum atomic E-state index is 11.2. The van der Waals surface area contributed by atoms with E-state index in [4.69, 9.17) is 4.74 Å². The quantitative estimate of drug-likeness (QED) is 0.545. The summed E-state index contributed by atoms with van der Waals surface area (Å²) in [6.07, 6.45) is 4.41. The average Bonchev–Trinajstić information content (AvgIpc) is 2.71. The molecule has 0 aromatic carbocycles. The van der Waals surface area contributed by atoms with Gasteiger partial charge in [-0.05, 0) is 30.5 Å². The fraction of sp³-hybridized carbons (Fsp3) is 0.545. The lowest BCUT2D eigenvalue weighted by molar-refractivity contribution is -0.143. The molecular weight excluding hydrogens is 228 g/mol. The molecule has 1 aromatic rings. The number of hydrogen-bond acceptors (Lipinski definition) is 4. The van der Waals surface area contributed by atoms with Gasteiger partial charge in [0.15, 0.2) is 0 Å². The van der Waals surface area contributed by atoms with E-state index in [-0.39, 0.29) is 5.97 Å². The molecule has 0 aliphatic heterocycles. The molecule has 84 valence electrons. The summed E-state index contributed by atoms with van der Waals surface area (Å²) in [6, 6.07) is 4.14. The smallest absolute Gasteiger partial charge is 0.305 e. The van der Waals surface area contributed by atoms with E-state index in [1.54, 1.807) is 23.1 Å². The first-order valence-corrected chi connectivity index (χ1v) is 7.27. The Morgan fingerprint density at radius 1 is 1.60 bits per heavy atom. The molecule has 0 amide bonds. The van der Waals surface area contributed by atoms with Crippen molar-refractivity contribution >= 4 is 29.1 Å². The molecule has 0 saturated heterocycles. The first-order chi connectivity index (χ1) is 7.33. The SMILES string of the molecule is CSCCOC(=O)CCCc1cccs1. The molecule has 0 unspecified atom stereocenters. The van der Waals surface area contributed by atoms with E-state index in [9.17, 15) is 4.79 Å². The van der Waals surface area contributed by atoms with Crippen LogP contribution in [0.25, 0.3) is 0 Å². The third kappa shape index (κ3) is 5.85. The minimum Gasteiger partial charge on any atom is -0.465 e. The number of carbonyl (C=O) groups excluding carboxylic acids is 1. The third-order valence-corrected chi connectivity index (χ3v) is 3.45. The molecule has 0 radical (unpaired) electrons. The van der Waals surface area contributed by atoms with Gasteiger partial charge in [-0.25, -0.2) is 0 Å². The summed E-state index contributed by atoms with van der Waals surface area (Å²) in [7, 11) is 0. The first kappa shape index (κ1) is 12.6. The minimum atomic E-state index is -0.0689. The zero-order valence-electron chi connectivity index (χ0n) is 8.90. The molecule has 2 nitrogen and oxygen atoms in total. The third-order valence-electron chi connectivity index (χ3n) is 1.93. The molecule has 15 heavy (non-hydrogen) atoms. The molecule has 0 spiro atoms. The van der Waals surface area contributed by atoms with E-state index < -0.39 is 0 Å². The van der Waals surface area contributed by atoms with E-state index in [1.165, 1.54) is 4.88 Å². The lowest BCUT2D eigenvalue weighted by Crippen LogP contribution is -2.07. The average molecular weight is 244 g/mol. The molecule has 0 bridgehead atoms. The Labute approximate surface area is 99.0 Å². The zero-order valence-corrected chi connectivity index (χ0v) is 10.5. The zero-order chi connectivity index (χ0) is 10.9. The maximum Gasteiger partial charge on any atom is 0.305 e. The van der Waals surface area contributed by atoms with Crippen molar-refractivity contribution in [3.8, 4) is 0 Å². The van der Waals surface area contributed by atoms with Crippen LogP contribution in [-0.2, 0) is 16.0 Å². The fourth-order valence-electron chi connectivity index (χ4n) is 1.17. The number of thioether (sulfide) groups is 1. The lowest BCUT2D eigenvalue weighted by atomic mass is 10.2. The number of esters is 1. The summed E-state index contributed by atoms with van der Waals surface area (Å²) in [5.74, 6) is 0.817. The largest absolute Gasteiger partial charge is 0.465 e. The normalized spacial score (nSPS) is 10.2. The van der Waals surface area contributed by atoms with Gasteiger partial charge in [-0.2, -0.15) is 11.8 Å². The highest BCUT2D eigenvalue weighted by Gasteiger charge is 2.02. The van der Waals surface area contributed by atoms with Crippen molar-refractivity contribution in [1.82, 2.24) is 0 Å². The summed E-state index contributed by atoms with van der Waals surface area (Å²) in [5.41, 5.74) is 0. The van der Waals surface area contributed by atoms with Crippen LogP contribution in [0.15, 0.2) is 17.5 Å². The van der Waals surface area contributed by atoms with Gasteiger partial charge in [-0.1, -0.05) is 6.07 Å². The van der Waals surface area contributed by atoms with Crippen LogP contribution >= 0.6 is 23.1 Å². The van der Waals surface area contributed by atoms with Crippen molar-refractivity contribution in [2.75, 3.05) is 18.6 Å². The first-order valence-electron chi connectivity index (χ1n) is 5.00. The Morgan fingerprint density at radius 2 is 2.47 bits per heavy atom. The Bertz CT molecular complexity index is 270. The highest BCUT2D eigenvalue weighted by Crippen LogP contribution is 2.12. The van der Waals surface area contributed by atoms with Crippen LogP contribution in [0.5, 0.6) is 0 Å². The van der Waals surface area contributed by atoms with Crippen LogP contribution in [0.4, 0.5) is 0 Å². The van der Waals surface area contributed by atoms with Crippen molar-refractivity contribution in [3.05, 3.63) is 22.4 Å². The molecular formula is C11H16O2S2. The van der Waals surface area contributed by atoms with E-state index in [1.807, 2.05) is 12.3 Å². The van der Waals surface area contributed by atoms with Gasteiger partial charge < -0.3 is 4.74 Å². The van der Waals surface area contributed by atoms with Crippen molar-refractivity contribution in [3.63, 3.8) is 0 Å². The molecule has 0 aliphatic carbocycles. The summed E-state index contributed by atoms with van der Waals surface area (Å²) in [6.45, 7) is 0.541. The Kier molecular flexibility index (Phi) is 6.52. The molecule has 0 N–H and O–H groups in total. The number of aryl methyl sites for hydroxylation is 1. The van der Waals surface area contributed by atoms with E-state index in [0.29, 0.717) is 13.0 Å². The maximum absolute atomic E-state index is 11.2. The number of thiophene rings is 1.